The van der Waals surface area contributed by atoms with Crippen molar-refractivity contribution < 1.29 is 0 Å². The third-order valence-electron chi connectivity index (χ3n) is 6.28. The van der Waals surface area contributed by atoms with Crippen LogP contribution in [0.2, 0.25) is 0 Å². The summed E-state index contributed by atoms with van der Waals surface area (Å²) >= 11 is 0. The van der Waals surface area contributed by atoms with Crippen molar-refractivity contribution in [2.45, 2.75) is 51.6 Å². The van der Waals surface area contributed by atoms with Gasteiger partial charge in [-0.3, -0.25) is 4.99 Å². The zero-order chi connectivity index (χ0) is 18.5. The Morgan fingerprint density at radius 3 is 2.71 bits per heavy atom. The van der Waals surface area contributed by atoms with Gasteiger partial charge in [-0.25, -0.2) is 4.98 Å². The van der Waals surface area contributed by atoms with E-state index >= 15 is 0 Å². The zero-order valence-corrected chi connectivity index (χ0v) is 19.1. The summed E-state index contributed by atoms with van der Waals surface area (Å²) < 4.78 is 2.26. The summed E-state index contributed by atoms with van der Waals surface area (Å²) in [6.07, 6.45) is 11.7. The molecule has 6 heteroatoms. The van der Waals surface area contributed by atoms with Gasteiger partial charge in [-0.1, -0.05) is 36.8 Å². The normalized spacial score (nSPS) is 18.0. The van der Waals surface area contributed by atoms with Gasteiger partial charge in [0.25, 0.3) is 0 Å². The van der Waals surface area contributed by atoms with Crippen LogP contribution in [0.15, 0.2) is 47.7 Å². The first-order chi connectivity index (χ1) is 13.3. The lowest BCUT2D eigenvalue weighted by Crippen LogP contribution is -2.42. The van der Waals surface area contributed by atoms with Gasteiger partial charge in [-0.15, -0.1) is 24.0 Å². The highest BCUT2D eigenvalue weighted by Gasteiger charge is 2.43. The average Bonchev–Trinajstić information content (AvgIpc) is 3.31. The van der Waals surface area contributed by atoms with Gasteiger partial charge in [0.1, 0.15) is 5.82 Å². The van der Waals surface area contributed by atoms with Gasteiger partial charge in [0, 0.05) is 39.1 Å². The third-order valence-corrected chi connectivity index (χ3v) is 6.28. The van der Waals surface area contributed by atoms with E-state index in [4.69, 9.17) is 0 Å². The lowest BCUT2D eigenvalue weighted by atomic mass is 9.68. The number of nitrogens with zero attached hydrogens (tertiary/aromatic N) is 4. The molecular formula is C22H32IN5. The van der Waals surface area contributed by atoms with Gasteiger partial charge in [0.15, 0.2) is 5.96 Å². The van der Waals surface area contributed by atoms with Gasteiger partial charge in [0.05, 0.1) is 6.54 Å². The van der Waals surface area contributed by atoms with E-state index in [1.165, 1.54) is 31.2 Å². The molecule has 1 spiro atoms. The maximum absolute atomic E-state index is 4.56. The second-order valence-corrected chi connectivity index (χ2v) is 8.05. The molecule has 1 aliphatic carbocycles. The van der Waals surface area contributed by atoms with E-state index in [9.17, 15) is 0 Å². The summed E-state index contributed by atoms with van der Waals surface area (Å²) in [5.74, 6) is 2.11. The van der Waals surface area contributed by atoms with Crippen LogP contribution < -0.4 is 5.32 Å². The molecule has 0 unspecified atom stereocenters. The van der Waals surface area contributed by atoms with E-state index < -0.39 is 0 Å². The van der Waals surface area contributed by atoms with Crippen molar-refractivity contribution in [3.8, 4) is 0 Å². The molecule has 0 bridgehead atoms. The fourth-order valence-electron chi connectivity index (χ4n) is 4.50. The maximum Gasteiger partial charge on any atom is 0.194 e. The van der Waals surface area contributed by atoms with Gasteiger partial charge >= 0.3 is 0 Å². The quantitative estimate of drug-likeness (QED) is 0.375. The van der Waals surface area contributed by atoms with Gasteiger partial charge < -0.3 is 14.8 Å². The smallest absolute Gasteiger partial charge is 0.194 e. The van der Waals surface area contributed by atoms with E-state index in [1.54, 1.807) is 0 Å². The number of benzene rings is 1. The fraction of sp³-hybridized carbons (Fsp3) is 0.545. The standard InChI is InChI=1S/C22H31N5.HI/c1-23-21(27-15-12-22(18-27)10-6-11-22)25-17-20-24-13-16-26(20)14-5-9-19-7-3-2-4-8-19;/h2-4,7-8,13,16H,5-6,9-12,14-15,17-18H2,1H3,(H,23,25);1H. The zero-order valence-electron chi connectivity index (χ0n) is 16.8. The Kier molecular flexibility index (Phi) is 7.37. The number of aromatic nitrogens is 2. The van der Waals surface area contributed by atoms with Crippen molar-refractivity contribution >= 4 is 29.9 Å². The van der Waals surface area contributed by atoms with E-state index in [0.29, 0.717) is 5.41 Å². The minimum Gasteiger partial charge on any atom is -0.349 e. The Hall–Kier alpha value is -1.57. The Bertz CT molecular complexity index is 766. The molecule has 28 heavy (non-hydrogen) atoms. The maximum atomic E-state index is 4.56. The lowest BCUT2D eigenvalue weighted by Gasteiger charge is -2.38. The Balaban J connectivity index is 0.00000225. The highest BCUT2D eigenvalue weighted by Crippen LogP contribution is 2.47. The number of aryl methyl sites for hydroxylation is 2. The van der Waals surface area contributed by atoms with Crippen LogP contribution >= 0.6 is 24.0 Å². The summed E-state index contributed by atoms with van der Waals surface area (Å²) in [5.41, 5.74) is 1.99. The van der Waals surface area contributed by atoms with Gasteiger partial charge in [-0.2, -0.15) is 0 Å². The third kappa shape index (κ3) is 4.88. The predicted octanol–water partition coefficient (Wildman–Crippen LogP) is 4.09. The number of hydrogen-bond acceptors (Lipinski definition) is 2. The van der Waals surface area contributed by atoms with Crippen molar-refractivity contribution in [3.05, 3.63) is 54.1 Å². The lowest BCUT2D eigenvalue weighted by molar-refractivity contribution is 0.151. The van der Waals surface area contributed by atoms with Crippen molar-refractivity contribution in [2.24, 2.45) is 10.4 Å². The van der Waals surface area contributed by atoms with Crippen molar-refractivity contribution in [3.63, 3.8) is 0 Å². The summed E-state index contributed by atoms with van der Waals surface area (Å²) in [5, 5.41) is 3.54. The van der Waals surface area contributed by atoms with Crippen LogP contribution in [0.25, 0.3) is 0 Å². The second kappa shape index (κ2) is 9.76. The first kappa shape index (κ1) is 21.1. The van der Waals surface area contributed by atoms with Crippen LogP contribution in [0.1, 0.15) is 43.5 Å². The van der Waals surface area contributed by atoms with E-state index in [0.717, 1.165) is 50.8 Å². The number of rotatable bonds is 6. The number of halogens is 1. The number of guanidine groups is 1. The molecule has 1 N–H and O–H groups in total. The highest BCUT2D eigenvalue weighted by atomic mass is 127. The SMILES string of the molecule is CN=C(NCc1nccn1CCCc1ccccc1)N1CCC2(CCC2)C1.I. The molecule has 0 atom stereocenters. The topological polar surface area (TPSA) is 45.5 Å². The Morgan fingerprint density at radius 1 is 1.21 bits per heavy atom. The first-order valence-electron chi connectivity index (χ1n) is 10.3. The van der Waals surface area contributed by atoms with Crippen LogP contribution in [0.3, 0.4) is 0 Å². The van der Waals surface area contributed by atoms with Crippen molar-refractivity contribution in [1.29, 1.82) is 0 Å². The minimum atomic E-state index is 0. The molecule has 152 valence electrons. The first-order valence-corrected chi connectivity index (χ1v) is 10.3. The van der Waals surface area contributed by atoms with Crippen molar-refractivity contribution in [2.75, 3.05) is 20.1 Å². The largest absolute Gasteiger partial charge is 0.349 e. The summed E-state index contributed by atoms with van der Waals surface area (Å²) in [6, 6.07) is 10.7. The number of imidazole rings is 1. The molecular weight excluding hydrogens is 461 g/mol. The van der Waals surface area contributed by atoms with Crippen molar-refractivity contribution in [1.82, 2.24) is 19.8 Å². The van der Waals surface area contributed by atoms with Crippen LogP contribution in [0, 0.1) is 5.41 Å². The summed E-state index contributed by atoms with van der Waals surface area (Å²) in [7, 11) is 1.89. The minimum absolute atomic E-state index is 0. The number of hydrogen-bond donors (Lipinski definition) is 1. The molecule has 1 aliphatic heterocycles. The number of aliphatic imine (C=N–C) groups is 1. The van der Waals surface area contributed by atoms with E-state index in [2.05, 4.69) is 61.3 Å². The number of nitrogens with one attached hydrogen (secondary N) is 1. The fourth-order valence-corrected chi connectivity index (χ4v) is 4.50. The van der Waals surface area contributed by atoms with Gasteiger partial charge in [0.2, 0.25) is 0 Å². The molecule has 2 aliphatic rings. The second-order valence-electron chi connectivity index (χ2n) is 8.05. The molecule has 1 saturated heterocycles. The molecule has 2 heterocycles. The molecule has 2 aromatic rings. The van der Waals surface area contributed by atoms with Crippen LogP contribution in [0.5, 0.6) is 0 Å². The Labute approximate surface area is 185 Å². The summed E-state index contributed by atoms with van der Waals surface area (Å²) in [4.78, 5) is 11.5. The molecule has 0 radical (unpaired) electrons. The van der Waals surface area contributed by atoms with Crippen LogP contribution in [0.4, 0.5) is 0 Å². The van der Waals surface area contributed by atoms with Crippen LogP contribution in [-0.2, 0) is 19.5 Å². The highest BCUT2D eigenvalue weighted by molar-refractivity contribution is 14.0. The summed E-state index contributed by atoms with van der Waals surface area (Å²) in [6.45, 7) is 4.02. The molecule has 5 nitrogen and oxygen atoms in total. The molecule has 2 fully saturated rings. The van der Waals surface area contributed by atoms with Crippen LogP contribution in [-0.4, -0.2) is 40.5 Å². The predicted molar refractivity (Wildman–Crippen MR) is 125 cm³/mol. The van der Waals surface area contributed by atoms with E-state index in [1.807, 2.05) is 13.2 Å². The van der Waals surface area contributed by atoms with Gasteiger partial charge in [-0.05, 0) is 43.1 Å². The molecule has 1 aromatic heterocycles. The Morgan fingerprint density at radius 2 is 2.04 bits per heavy atom. The molecule has 1 aromatic carbocycles. The molecule has 0 amide bonds. The van der Waals surface area contributed by atoms with E-state index in [-0.39, 0.29) is 24.0 Å². The monoisotopic (exact) mass is 493 g/mol. The number of likely N-dealkylation sites (tertiary alicyclic amines) is 1. The average molecular weight is 493 g/mol. The molecule has 4 rings (SSSR count). The molecule has 1 saturated carbocycles.